The maximum absolute atomic E-state index is 14.4. The van der Waals surface area contributed by atoms with E-state index in [1.807, 2.05) is 0 Å². The number of benzene rings is 1. The zero-order chi connectivity index (χ0) is 20.5. The van der Waals surface area contributed by atoms with Gasteiger partial charge < -0.3 is 9.47 Å². The zero-order valence-corrected chi connectivity index (χ0v) is 16.1. The lowest BCUT2D eigenvalue weighted by Gasteiger charge is -2.28. The first-order valence-corrected chi connectivity index (χ1v) is 9.25. The maximum atomic E-state index is 14.4. The van der Waals surface area contributed by atoms with Crippen molar-refractivity contribution < 1.29 is 31.8 Å². The Balaban J connectivity index is 2.08. The average Bonchev–Trinajstić information content (AvgIpc) is 2.59. The molecule has 2 unspecified atom stereocenters. The first-order chi connectivity index (χ1) is 13.2. The van der Waals surface area contributed by atoms with Crippen LogP contribution in [0.3, 0.4) is 0 Å². The molecule has 0 aliphatic carbocycles. The molecule has 0 saturated heterocycles. The minimum Gasteiger partial charge on any atom is -0.474 e. The number of fused-ring (bicyclic) bond motifs is 1. The minimum atomic E-state index is -3.01. The quantitative estimate of drug-likeness (QED) is 0.402. The fraction of sp³-hybridized carbons (Fsp3) is 0.368. The number of carbonyl (C=O) groups is 1. The maximum Gasteiger partial charge on any atom is 0.357 e. The van der Waals surface area contributed by atoms with Crippen LogP contribution in [0, 0.1) is 11.6 Å². The molecule has 1 aromatic heterocycles. The molecule has 0 saturated carbocycles. The summed E-state index contributed by atoms with van der Waals surface area (Å²) in [5, 5.41) is 0. The Morgan fingerprint density at radius 1 is 1.32 bits per heavy atom. The third-order valence-electron chi connectivity index (χ3n) is 4.29. The normalized spacial score (nSPS) is 16.3. The number of halogens is 4. The van der Waals surface area contributed by atoms with Gasteiger partial charge in [0, 0.05) is 17.2 Å². The Morgan fingerprint density at radius 3 is 2.71 bits per heavy atom. The van der Waals surface area contributed by atoms with Gasteiger partial charge in [0.05, 0.1) is 13.0 Å². The van der Waals surface area contributed by atoms with Crippen molar-refractivity contribution in [2.75, 3.05) is 6.61 Å². The number of ether oxygens (including phenoxy) is 2. The number of hydrogen-bond donors (Lipinski definition) is 0. The number of esters is 1. The van der Waals surface area contributed by atoms with Crippen LogP contribution in [0.1, 0.15) is 35.8 Å². The highest BCUT2D eigenvalue weighted by Crippen LogP contribution is 2.39. The van der Waals surface area contributed by atoms with Crippen LogP contribution < -0.4 is 4.74 Å². The van der Waals surface area contributed by atoms with E-state index in [2.05, 4.69) is 4.98 Å². The van der Waals surface area contributed by atoms with Gasteiger partial charge in [0.25, 0.3) is 5.66 Å². The Hall–Kier alpha value is -2.21. The third kappa shape index (κ3) is 4.61. The molecule has 0 radical (unpaired) electrons. The number of pyridine rings is 1. The number of carbonyl (C=O) groups excluding carboxylic acids is 1. The SMILES string of the molecule is CCOC(=O)c1cc(-c2ccc(F)cc2F)c2c(n1)OC(CC(F)(F)P)CC2. The van der Waals surface area contributed by atoms with Crippen LogP contribution in [0.5, 0.6) is 5.88 Å². The molecule has 4 nitrogen and oxygen atoms in total. The van der Waals surface area contributed by atoms with Gasteiger partial charge >= 0.3 is 5.97 Å². The molecular formula is C19H18F4NO3P. The van der Waals surface area contributed by atoms with Gasteiger partial charge in [-0.05, 0) is 43.5 Å². The van der Waals surface area contributed by atoms with E-state index >= 15 is 0 Å². The highest BCUT2D eigenvalue weighted by atomic mass is 31.0. The number of aromatic nitrogens is 1. The topological polar surface area (TPSA) is 48.4 Å². The van der Waals surface area contributed by atoms with Crippen molar-refractivity contribution in [3.63, 3.8) is 0 Å². The second-order valence-corrected chi connectivity index (χ2v) is 7.27. The molecule has 2 atom stereocenters. The van der Waals surface area contributed by atoms with Crippen molar-refractivity contribution in [2.45, 2.75) is 38.0 Å². The van der Waals surface area contributed by atoms with Gasteiger partial charge in [-0.3, -0.25) is 0 Å². The first kappa shape index (κ1) is 20.5. The predicted molar refractivity (Wildman–Crippen MR) is 97.6 cm³/mol. The highest BCUT2D eigenvalue weighted by molar-refractivity contribution is 7.18. The standard InChI is InChI=1S/C19H18F4NO3P/c1-2-26-18(25)16-8-14(12-5-3-10(20)7-15(12)21)13-6-4-11(9-19(22,23)28)27-17(13)24-16/h3,5,7-8,11H,2,4,6,9,28H2,1H3. The van der Waals surface area contributed by atoms with Crippen LogP contribution in [0.2, 0.25) is 0 Å². The lowest BCUT2D eigenvalue weighted by atomic mass is 9.93. The Kier molecular flexibility index (Phi) is 5.89. The molecule has 2 heterocycles. The predicted octanol–water partition coefficient (Wildman–Crippen LogP) is 4.76. The fourth-order valence-electron chi connectivity index (χ4n) is 3.11. The summed E-state index contributed by atoms with van der Waals surface area (Å²) in [6.07, 6.45) is -0.783. The second-order valence-electron chi connectivity index (χ2n) is 6.43. The number of hydrogen-bond acceptors (Lipinski definition) is 4. The van der Waals surface area contributed by atoms with E-state index in [0.717, 1.165) is 12.1 Å². The highest BCUT2D eigenvalue weighted by Gasteiger charge is 2.33. The summed E-state index contributed by atoms with van der Waals surface area (Å²) in [6.45, 7) is 1.71. The molecule has 0 bridgehead atoms. The summed E-state index contributed by atoms with van der Waals surface area (Å²) in [6, 6.07) is 4.42. The molecule has 2 aromatic rings. The molecule has 9 heteroatoms. The van der Waals surface area contributed by atoms with Gasteiger partial charge in [-0.25, -0.2) is 27.3 Å². The van der Waals surface area contributed by atoms with E-state index < -0.39 is 35.8 Å². The van der Waals surface area contributed by atoms with Gasteiger partial charge in [0.15, 0.2) is 5.69 Å². The van der Waals surface area contributed by atoms with Crippen LogP contribution in [-0.2, 0) is 11.2 Å². The molecule has 1 aliphatic rings. The molecule has 1 aliphatic heterocycles. The van der Waals surface area contributed by atoms with E-state index in [9.17, 15) is 22.4 Å². The van der Waals surface area contributed by atoms with E-state index in [4.69, 9.17) is 9.47 Å². The fourth-order valence-corrected chi connectivity index (χ4v) is 3.38. The molecule has 0 amide bonds. The van der Waals surface area contributed by atoms with E-state index in [1.54, 1.807) is 6.92 Å². The number of rotatable bonds is 5. The van der Waals surface area contributed by atoms with Gasteiger partial charge in [0.2, 0.25) is 5.88 Å². The summed E-state index contributed by atoms with van der Waals surface area (Å²) >= 11 is 0. The van der Waals surface area contributed by atoms with Gasteiger partial charge in [-0.1, -0.05) is 9.24 Å². The molecule has 3 rings (SSSR count). The number of alkyl halides is 2. The Morgan fingerprint density at radius 2 is 2.07 bits per heavy atom. The van der Waals surface area contributed by atoms with Gasteiger partial charge in [0.1, 0.15) is 17.7 Å². The lowest BCUT2D eigenvalue weighted by molar-refractivity contribution is 0.0327. The van der Waals surface area contributed by atoms with Crippen molar-refractivity contribution in [1.82, 2.24) is 4.98 Å². The van der Waals surface area contributed by atoms with E-state index in [0.29, 0.717) is 17.5 Å². The molecule has 150 valence electrons. The second kappa shape index (κ2) is 8.03. The monoisotopic (exact) mass is 415 g/mol. The largest absolute Gasteiger partial charge is 0.474 e. The zero-order valence-electron chi connectivity index (χ0n) is 15.0. The van der Waals surface area contributed by atoms with Crippen molar-refractivity contribution in [2.24, 2.45) is 0 Å². The third-order valence-corrected chi connectivity index (χ3v) is 4.52. The van der Waals surface area contributed by atoms with Gasteiger partial charge in [-0.2, -0.15) is 0 Å². The van der Waals surface area contributed by atoms with E-state index in [1.165, 1.54) is 21.4 Å². The van der Waals surface area contributed by atoms with Crippen LogP contribution >= 0.6 is 9.24 Å². The molecular weight excluding hydrogens is 397 g/mol. The molecule has 0 spiro atoms. The van der Waals surface area contributed by atoms with Crippen molar-refractivity contribution >= 4 is 15.2 Å². The molecule has 0 N–H and O–H groups in total. The average molecular weight is 415 g/mol. The lowest BCUT2D eigenvalue weighted by Crippen LogP contribution is -2.29. The first-order valence-electron chi connectivity index (χ1n) is 8.67. The summed E-state index contributed by atoms with van der Waals surface area (Å²) in [5.74, 6) is -2.33. The minimum absolute atomic E-state index is 0.0187. The van der Waals surface area contributed by atoms with Crippen LogP contribution in [0.4, 0.5) is 17.6 Å². The summed E-state index contributed by atoms with van der Waals surface area (Å²) in [5.41, 5.74) is -2.32. The van der Waals surface area contributed by atoms with Crippen LogP contribution in [0.25, 0.3) is 11.1 Å². The number of nitrogens with zero attached hydrogens (tertiary/aromatic N) is 1. The Labute approximate surface area is 161 Å². The summed E-state index contributed by atoms with van der Waals surface area (Å²) in [4.78, 5) is 16.2. The molecule has 1 aromatic carbocycles. The van der Waals surface area contributed by atoms with Crippen LogP contribution in [0.15, 0.2) is 24.3 Å². The summed E-state index contributed by atoms with van der Waals surface area (Å²) < 4.78 is 64.8. The molecule has 28 heavy (non-hydrogen) atoms. The van der Waals surface area contributed by atoms with Crippen molar-refractivity contribution in [3.8, 4) is 17.0 Å². The van der Waals surface area contributed by atoms with Crippen LogP contribution in [-0.4, -0.2) is 29.3 Å². The Bertz CT molecular complexity index is 901. The van der Waals surface area contributed by atoms with Gasteiger partial charge in [-0.15, -0.1) is 0 Å². The van der Waals surface area contributed by atoms with Crippen molar-refractivity contribution in [1.29, 1.82) is 0 Å². The smallest absolute Gasteiger partial charge is 0.357 e. The summed E-state index contributed by atoms with van der Waals surface area (Å²) in [7, 11) is 1.46. The molecule has 0 fully saturated rings. The van der Waals surface area contributed by atoms with Crippen molar-refractivity contribution in [3.05, 3.63) is 47.2 Å². The van der Waals surface area contributed by atoms with E-state index in [-0.39, 0.29) is 30.2 Å².